The van der Waals surface area contributed by atoms with E-state index in [4.69, 9.17) is 9.47 Å². The smallest absolute Gasteiger partial charge is 0.421 e. The molecule has 4 rings (SSSR count). The van der Waals surface area contributed by atoms with Gasteiger partial charge in [-0.15, -0.1) is 0 Å². The van der Waals surface area contributed by atoms with E-state index >= 15 is 0 Å². The molecule has 7 nitrogen and oxygen atoms in total. The number of nitrogens with zero attached hydrogens (tertiary/aromatic N) is 1. The lowest BCUT2D eigenvalue weighted by Crippen LogP contribution is -2.53. The third kappa shape index (κ3) is 5.71. The average molecular weight is 594 g/mol. The van der Waals surface area contributed by atoms with Crippen LogP contribution in [0.1, 0.15) is 64.3 Å². The number of rotatable bonds is 4. The standard InChI is InChI=1S/C31H33BrN2O5/c1-29(2,3)38-27(36)33-25(20-13-12-16-22(32)19-20)31(21-14-8-7-9-15-21)23-17-10-11-18-24(23)34(26(31)35)28(37)39-30(4,5)6/h7-19,25H,1-6H3,(H,33,36)/t25-,31?/m0/s1. The number of anilines is 1. The minimum absolute atomic E-state index is 0.395. The van der Waals surface area contributed by atoms with Gasteiger partial charge in [-0.25, -0.2) is 14.5 Å². The highest BCUT2D eigenvalue weighted by Crippen LogP contribution is 2.53. The summed E-state index contributed by atoms with van der Waals surface area (Å²) < 4.78 is 12.1. The van der Waals surface area contributed by atoms with Crippen molar-refractivity contribution in [3.05, 3.63) is 100 Å². The molecule has 3 aromatic carbocycles. The zero-order valence-electron chi connectivity index (χ0n) is 22.9. The number of carbonyl (C=O) groups excluding carboxylic acids is 3. The fourth-order valence-electron chi connectivity index (χ4n) is 4.87. The second kappa shape index (κ2) is 10.5. The van der Waals surface area contributed by atoms with Crippen LogP contribution in [0, 0.1) is 0 Å². The Morgan fingerprint density at radius 3 is 2.08 bits per heavy atom. The lowest BCUT2D eigenvalue weighted by molar-refractivity contribution is -0.122. The zero-order valence-corrected chi connectivity index (χ0v) is 24.5. The molecule has 8 heteroatoms. The van der Waals surface area contributed by atoms with Crippen LogP contribution in [0.2, 0.25) is 0 Å². The Hall–Kier alpha value is -3.65. The van der Waals surface area contributed by atoms with E-state index in [9.17, 15) is 14.4 Å². The van der Waals surface area contributed by atoms with E-state index in [2.05, 4.69) is 21.2 Å². The van der Waals surface area contributed by atoms with Gasteiger partial charge < -0.3 is 14.8 Å². The van der Waals surface area contributed by atoms with Gasteiger partial charge in [0.15, 0.2) is 0 Å². The first-order chi connectivity index (χ1) is 18.2. The third-order valence-electron chi connectivity index (χ3n) is 6.19. The summed E-state index contributed by atoms with van der Waals surface area (Å²) in [5.41, 5.74) is -0.913. The maximum atomic E-state index is 14.8. The second-order valence-corrected chi connectivity index (χ2v) is 12.4. The number of carbonyl (C=O) groups is 3. The van der Waals surface area contributed by atoms with Crippen LogP contribution in [0.25, 0.3) is 0 Å². The van der Waals surface area contributed by atoms with Crippen molar-refractivity contribution in [2.45, 2.75) is 64.2 Å². The number of halogens is 1. The maximum absolute atomic E-state index is 14.8. The highest BCUT2D eigenvalue weighted by Gasteiger charge is 2.60. The van der Waals surface area contributed by atoms with Crippen molar-refractivity contribution in [3.8, 4) is 0 Å². The minimum Gasteiger partial charge on any atom is -0.444 e. The van der Waals surface area contributed by atoms with Crippen LogP contribution in [0.4, 0.5) is 15.3 Å². The number of benzene rings is 3. The van der Waals surface area contributed by atoms with Crippen molar-refractivity contribution in [3.63, 3.8) is 0 Å². The molecule has 1 N–H and O–H groups in total. The van der Waals surface area contributed by atoms with Crippen molar-refractivity contribution >= 4 is 39.7 Å². The molecule has 0 saturated heterocycles. The van der Waals surface area contributed by atoms with Gasteiger partial charge in [-0.05, 0) is 76.4 Å². The Labute approximate surface area is 237 Å². The number of nitrogens with one attached hydrogen (secondary N) is 1. The first-order valence-electron chi connectivity index (χ1n) is 12.7. The van der Waals surface area contributed by atoms with Crippen LogP contribution < -0.4 is 10.2 Å². The number of hydrogen-bond acceptors (Lipinski definition) is 5. The van der Waals surface area contributed by atoms with Crippen molar-refractivity contribution in [1.82, 2.24) is 5.32 Å². The van der Waals surface area contributed by atoms with E-state index in [1.165, 1.54) is 0 Å². The normalized spacial score (nSPS) is 17.8. The van der Waals surface area contributed by atoms with Gasteiger partial charge in [-0.1, -0.05) is 76.6 Å². The summed E-state index contributed by atoms with van der Waals surface area (Å²) >= 11 is 3.53. The number of hydrogen-bond donors (Lipinski definition) is 1. The number of para-hydroxylation sites is 1. The second-order valence-electron chi connectivity index (χ2n) is 11.4. The third-order valence-corrected chi connectivity index (χ3v) is 6.68. The number of imide groups is 1. The molecular weight excluding hydrogens is 560 g/mol. The predicted octanol–water partition coefficient (Wildman–Crippen LogP) is 7.28. The Balaban J connectivity index is 2.02. The zero-order chi connectivity index (χ0) is 28.6. The van der Waals surface area contributed by atoms with Crippen LogP contribution in [-0.2, 0) is 19.7 Å². The Kier molecular flexibility index (Phi) is 7.63. The lowest BCUT2D eigenvalue weighted by atomic mass is 9.67. The van der Waals surface area contributed by atoms with Crippen LogP contribution in [0.3, 0.4) is 0 Å². The average Bonchev–Trinajstić information content (AvgIpc) is 3.09. The first kappa shape index (κ1) is 28.4. The highest BCUT2D eigenvalue weighted by atomic mass is 79.9. The number of fused-ring (bicyclic) bond motifs is 1. The van der Waals surface area contributed by atoms with E-state index in [0.29, 0.717) is 22.4 Å². The largest absolute Gasteiger partial charge is 0.444 e. The first-order valence-corrected chi connectivity index (χ1v) is 13.5. The summed E-state index contributed by atoms with van der Waals surface area (Å²) in [6.07, 6.45) is -1.48. The molecule has 1 unspecified atom stereocenters. The van der Waals surface area contributed by atoms with E-state index < -0.39 is 40.8 Å². The SMILES string of the molecule is CC(C)(C)OC(=O)N[C@@H](c1cccc(Br)c1)C1(c2ccccc2)C(=O)N(C(=O)OC(C)(C)C)c2ccccc21. The molecule has 0 saturated carbocycles. The van der Waals surface area contributed by atoms with Crippen molar-refractivity contribution in [2.24, 2.45) is 0 Å². The van der Waals surface area contributed by atoms with Gasteiger partial charge in [-0.3, -0.25) is 4.79 Å². The molecule has 2 atom stereocenters. The maximum Gasteiger partial charge on any atom is 0.421 e. The fourth-order valence-corrected chi connectivity index (χ4v) is 5.29. The highest BCUT2D eigenvalue weighted by molar-refractivity contribution is 9.10. The Bertz CT molecular complexity index is 1390. The van der Waals surface area contributed by atoms with Crippen molar-refractivity contribution < 1.29 is 23.9 Å². The summed E-state index contributed by atoms with van der Waals surface area (Å²) in [6, 6.07) is 22.7. The van der Waals surface area contributed by atoms with Gasteiger partial charge in [0, 0.05) is 4.47 Å². The van der Waals surface area contributed by atoms with Crippen molar-refractivity contribution in [1.29, 1.82) is 0 Å². The van der Waals surface area contributed by atoms with Gasteiger partial charge in [0.1, 0.15) is 16.6 Å². The van der Waals surface area contributed by atoms with Crippen LogP contribution in [-0.4, -0.2) is 29.3 Å². The van der Waals surface area contributed by atoms with E-state index in [1.807, 2.05) is 66.7 Å². The number of amides is 3. The quantitative estimate of drug-likeness (QED) is 0.344. The summed E-state index contributed by atoms with van der Waals surface area (Å²) in [7, 11) is 0. The van der Waals surface area contributed by atoms with Gasteiger partial charge in [0.2, 0.25) is 0 Å². The van der Waals surface area contributed by atoms with E-state index in [1.54, 1.807) is 53.7 Å². The number of alkyl carbamates (subject to hydrolysis) is 1. The molecule has 204 valence electrons. The summed E-state index contributed by atoms with van der Waals surface area (Å²) in [6.45, 7) is 10.6. The lowest BCUT2D eigenvalue weighted by Gasteiger charge is -2.38. The molecule has 1 aliphatic rings. The molecule has 3 amide bonds. The Morgan fingerprint density at radius 1 is 0.846 bits per heavy atom. The number of ether oxygens (including phenoxy) is 2. The van der Waals surface area contributed by atoms with E-state index in [0.717, 1.165) is 9.37 Å². The molecule has 1 heterocycles. The molecular formula is C31H33BrN2O5. The van der Waals surface area contributed by atoms with E-state index in [-0.39, 0.29) is 0 Å². The fraction of sp³-hybridized carbons (Fsp3) is 0.323. The summed E-state index contributed by atoms with van der Waals surface area (Å²) in [4.78, 5) is 42.7. The minimum atomic E-state index is -1.52. The van der Waals surface area contributed by atoms with Crippen molar-refractivity contribution in [2.75, 3.05) is 4.90 Å². The predicted molar refractivity (Wildman–Crippen MR) is 154 cm³/mol. The van der Waals surface area contributed by atoms with Crippen LogP contribution in [0.5, 0.6) is 0 Å². The molecule has 3 aromatic rings. The summed E-state index contributed by atoms with van der Waals surface area (Å²) in [5, 5.41) is 3.00. The van der Waals surface area contributed by atoms with Crippen LogP contribution >= 0.6 is 15.9 Å². The molecule has 0 fully saturated rings. The Morgan fingerprint density at radius 2 is 1.46 bits per heavy atom. The molecule has 0 bridgehead atoms. The topological polar surface area (TPSA) is 84.9 Å². The molecule has 0 spiro atoms. The molecule has 39 heavy (non-hydrogen) atoms. The molecule has 0 aromatic heterocycles. The van der Waals surface area contributed by atoms with Gasteiger partial charge in [0.25, 0.3) is 5.91 Å². The molecule has 0 aliphatic carbocycles. The molecule has 1 aliphatic heterocycles. The monoisotopic (exact) mass is 592 g/mol. The molecule has 0 radical (unpaired) electrons. The van der Waals surface area contributed by atoms with Gasteiger partial charge in [0.05, 0.1) is 11.7 Å². The van der Waals surface area contributed by atoms with Gasteiger partial charge in [-0.2, -0.15) is 0 Å². The van der Waals surface area contributed by atoms with Crippen LogP contribution in [0.15, 0.2) is 83.3 Å². The summed E-state index contributed by atoms with van der Waals surface area (Å²) in [5.74, 6) is -0.537. The van der Waals surface area contributed by atoms with Gasteiger partial charge >= 0.3 is 12.2 Å².